The monoisotopic (exact) mass is 283 g/mol. The topological polar surface area (TPSA) is 92.5 Å². The van der Waals surface area contributed by atoms with Crippen LogP contribution in [-0.2, 0) is 10.0 Å². The summed E-state index contributed by atoms with van der Waals surface area (Å²) in [6, 6.07) is 4.19. The van der Waals surface area contributed by atoms with Crippen LogP contribution in [0.3, 0.4) is 0 Å². The molecule has 0 saturated heterocycles. The number of nitrogens with zero attached hydrogens (tertiary/aromatic N) is 1. The second kappa shape index (κ2) is 5.85. The second-order valence-electron chi connectivity index (χ2n) is 3.97. The minimum atomic E-state index is -3.84. The Morgan fingerprint density at radius 2 is 2.16 bits per heavy atom. The molecule has 0 unspecified atom stereocenters. The molecule has 0 saturated carbocycles. The Balaban J connectivity index is 3.40. The molecule has 0 radical (unpaired) electrons. The number of carbonyl (C=O) groups is 1. The van der Waals surface area contributed by atoms with E-state index < -0.39 is 10.0 Å². The minimum absolute atomic E-state index is 0.0955. The number of hydrogen-bond acceptors (Lipinski definition) is 4. The Labute approximate surface area is 113 Å². The average Bonchev–Trinajstić information content (AvgIpc) is 2.36. The van der Waals surface area contributed by atoms with E-state index in [4.69, 9.17) is 5.14 Å². The number of rotatable bonds is 5. The smallest absolute Gasteiger partial charge is 0.253 e. The van der Waals surface area contributed by atoms with Crippen LogP contribution < -0.4 is 15.4 Å². The number of likely N-dealkylation sites (N-methyl/N-ethyl adjacent to an activating group) is 1. The van der Waals surface area contributed by atoms with Crippen molar-refractivity contribution >= 4 is 21.6 Å². The summed E-state index contributed by atoms with van der Waals surface area (Å²) in [7, 11) is -0.587. The van der Waals surface area contributed by atoms with Gasteiger partial charge in [-0.1, -0.05) is 6.08 Å². The highest BCUT2D eigenvalue weighted by Crippen LogP contribution is 2.23. The second-order valence-corrected chi connectivity index (χ2v) is 5.53. The first-order chi connectivity index (χ1) is 8.81. The first-order valence-corrected chi connectivity index (χ1v) is 7.07. The number of nitrogens with two attached hydrogens (primary N) is 1. The van der Waals surface area contributed by atoms with Crippen molar-refractivity contribution < 1.29 is 13.2 Å². The maximum atomic E-state index is 11.8. The van der Waals surface area contributed by atoms with Gasteiger partial charge >= 0.3 is 0 Å². The van der Waals surface area contributed by atoms with Crippen LogP contribution in [0.25, 0.3) is 0 Å². The van der Waals surface area contributed by atoms with Crippen molar-refractivity contribution in [3.05, 3.63) is 36.4 Å². The lowest BCUT2D eigenvalue weighted by Gasteiger charge is -2.20. The molecule has 1 amide bonds. The zero-order valence-electron chi connectivity index (χ0n) is 10.9. The number of nitrogens with one attached hydrogen (secondary N) is 1. The van der Waals surface area contributed by atoms with Crippen molar-refractivity contribution in [1.29, 1.82) is 0 Å². The Kier molecular flexibility index (Phi) is 4.68. The maximum Gasteiger partial charge on any atom is 0.253 e. The van der Waals surface area contributed by atoms with Crippen LogP contribution in [-0.4, -0.2) is 35.0 Å². The standard InChI is InChI=1S/C12H17N3O3S/c1-4-7-15(3)11-6-5-9(19(13,17)18)8-10(11)12(16)14-2/h4-6,8H,1,7H2,2-3H3,(H,14,16)(H2,13,17,18). The molecule has 0 spiro atoms. The summed E-state index contributed by atoms with van der Waals surface area (Å²) in [5, 5.41) is 7.53. The van der Waals surface area contributed by atoms with E-state index in [0.717, 1.165) is 0 Å². The highest BCUT2D eigenvalue weighted by Gasteiger charge is 2.17. The number of sulfonamides is 1. The van der Waals surface area contributed by atoms with Gasteiger partial charge in [0, 0.05) is 26.3 Å². The van der Waals surface area contributed by atoms with Gasteiger partial charge in [0.1, 0.15) is 0 Å². The molecule has 1 aromatic carbocycles. The normalized spacial score (nSPS) is 10.9. The van der Waals surface area contributed by atoms with Crippen LogP contribution in [0.5, 0.6) is 0 Å². The summed E-state index contributed by atoms with van der Waals surface area (Å²) < 4.78 is 22.6. The van der Waals surface area contributed by atoms with Crippen LogP contribution in [0.2, 0.25) is 0 Å². The van der Waals surface area contributed by atoms with Gasteiger partial charge in [-0.15, -0.1) is 6.58 Å². The van der Waals surface area contributed by atoms with Crippen LogP contribution in [0.1, 0.15) is 10.4 Å². The predicted molar refractivity (Wildman–Crippen MR) is 74.7 cm³/mol. The molecule has 1 rings (SSSR count). The average molecular weight is 283 g/mol. The quantitative estimate of drug-likeness (QED) is 0.761. The Morgan fingerprint density at radius 3 is 2.63 bits per heavy atom. The third-order valence-electron chi connectivity index (χ3n) is 2.58. The van der Waals surface area contributed by atoms with Crippen LogP contribution in [0, 0.1) is 0 Å². The molecule has 1 aromatic rings. The number of hydrogen-bond donors (Lipinski definition) is 2. The van der Waals surface area contributed by atoms with E-state index in [1.54, 1.807) is 24.1 Å². The summed E-state index contributed by atoms with van der Waals surface area (Å²) in [6.07, 6.45) is 1.68. The molecule has 3 N–H and O–H groups in total. The van der Waals surface area contributed by atoms with Crippen LogP contribution in [0.15, 0.2) is 35.7 Å². The molecule has 104 valence electrons. The number of benzene rings is 1. The van der Waals surface area contributed by atoms with Crippen molar-refractivity contribution in [2.24, 2.45) is 5.14 Å². The third-order valence-corrected chi connectivity index (χ3v) is 3.49. The lowest BCUT2D eigenvalue weighted by Crippen LogP contribution is -2.25. The van der Waals surface area contributed by atoms with Crippen molar-refractivity contribution in [2.45, 2.75) is 4.90 Å². The number of primary sulfonamides is 1. The fraction of sp³-hybridized carbons (Fsp3) is 0.250. The van der Waals surface area contributed by atoms with Gasteiger partial charge in [0.2, 0.25) is 10.0 Å². The molecule has 0 bridgehead atoms. The summed E-state index contributed by atoms with van der Waals surface area (Å²) in [4.78, 5) is 13.5. The molecule has 19 heavy (non-hydrogen) atoms. The van der Waals surface area contributed by atoms with Gasteiger partial charge in [-0.25, -0.2) is 13.6 Å². The molecule has 0 heterocycles. The molecular formula is C12H17N3O3S. The molecule has 0 atom stereocenters. The number of carbonyl (C=O) groups excluding carboxylic acids is 1. The highest BCUT2D eigenvalue weighted by molar-refractivity contribution is 7.89. The number of anilines is 1. The maximum absolute atomic E-state index is 11.8. The molecule has 0 aliphatic rings. The molecule has 0 aliphatic carbocycles. The molecule has 6 nitrogen and oxygen atoms in total. The summed E-state index contributed by atoms with van der Waals surface area (Å²) >= 11 is 0. The molecule has 7 heteroatoms. The first-order valence-electron chi connectivity index (χ1n) is 5.52. The zero-order valence-corrected chi connectivity index (χ0v) is 11.7. The van der Waals surface area contributed by atoms with E-state index in [1.807, 2.05) is 0 Å². The van der Waals surface area contributed by atoms with E-state index in [1.165, 1.54) is 19.2 Å². The Bertz CT molecular complexity index is 596. The SMILES string of the molecule is C=CCN(C)c1ccc(S(N)(=O)=O)cc1C(=O)NC. The molecule has 0 aliphatic heterocycles. The molecule has 0 fully saturated rings. The van der Waals surface area contributed by atoms with Gasteiger partial charge in [-0.3, -0.25) is 4.79 Å². The van der Waals surface area contributed by atoms with Crippen molar-refractivity contribution in [3.63, 3.8) is 0 Å². The fourth-order valence-corrected chi connectivity index (χ4v) is 2.17. The number of amides is 1. The zero-order chi connectivity index (χ0) is 14.6. The van der Waals surface area contributed by atoms with Gasteiger partial charge in [0.15, 0.2) is 0 Å². The molecular weight excluding hydrogens is 266 g/mol. The van der Waals surface area contributed by atoms with Crippen LogP contribution in [0.4, 0.5) is 5.69 Å². The van der Waals surface area contributed by atoms with E-state index >= 15 is 0 Å². The van der Waals surface area contributed by atoms with E-state index in [0.29, 0.717) is 12.2 Å². The largest absolute Gasteiger partial charge is 0.370 e. The van der Waals surface area contributed by atoms with Crippen molar-refractivity contribution in [2.75, 3.05) is 25.5 Å². The fourth-order valence-electron chi connectivity index (χ4n) is 1.63. The Hall–Kier alpha value is -1.86. The van der Waals surface area contributed by atoms with E-state index in [-0.39, 0.29) is 16.4 Å². The van der Waals surface area contributed by atoms with Crippen LogP contribution >= 0.6 is 0 Å². The lowest BCUT2D eigenvalue weighted by atomic mass is 10.1. The van der Waals surface area contributed by atoms with Gasteiger partial charge in [0.25, 0.3) is 5.91 Å². The van der Waals surface area contributed by atoms with Gasteiger partial charge < -0.3 is 10.2 Å². The minimum Gasteiger partial charge on any atom is -0.370 e. The van der Waals surface area contributed by atoms with Crippen molar-refractivity contribution in [3.8, 4) is 0 Å². The molecule has 0 aromatic heterocycles. The predicted octanol–water partition coefficient (Wildman–Crippen LogP) is 0.316. The summed E-state index contributed by atoms with van der Waals surface area (Å²) in [5.74, 6) is -0.378. The van der Waals surface area contributed by atoms with E-state index in [2.05, 4.69) is 11.9 Å². The first kappa shape index (κ1) is 15.2. The Morgan fingerprint density at radius 1 is 1.53 bits per heavy atom. The summed E-state index contributed by atoms with van der Waals surface area (Å²) in [5.41, 5.74) is 0.852. The van der Waals surface area contributed by atoms with Gasteiger partial charge in [-0.05, 0) is 18.2 Å². The van der Waals surface area contributed by atoms with Gasteiger partial charge in [-0.2, -0.15) is 0 Å². The third kappa shape index (κ3) is 3.55. The van der Waals surface area contributed by atoms with E-state index in [9.17, 15) is 13.2 Å². The summed E-state index contributed by atoms with van der Waals surface area (Å²) in [6.45, 7) is 4.15. The highest BCUT2D eigenvalue weighted by atomic mass is 32.2. The van der Waals surface area contributed by atoms with Crippen molar-refractivity contribution in [1.82, 2.24) is 5.32 Å². The lowest BCUT2D eigenvalue weighted by molar-refractivity contribution is 0.0963. The van der Waals surface area contributed by atoms with Gasteiger partial charge in [0.05, 0.1) is 10.5 Å².